The van der Waals surface area contributed by atoms with Crippen molar-refractivity contribution in [1.29, 1.82) is 0 Å². The summed E-state index contributed by atoms with van der Waals surface area (Å²) in [5, 5.41) is 18.9. The second-order valence-corrected chi connectivity index (χ2v) is 34.9. The summed E-state index contributed by atoms with van der Waals surface area (Å²) in [5.41, 5.74) is 16.3. The molecular formula is C95H97N23O4S2. The Morgan fingerprint density at radius 3 is 1.10 bits per heavy atom. The molecule has 0 fully saturated rings. The molecule has 0 amide bonds. The van der Waals surface area contributed by atoms with E-state index < -0.39 is 0 Å². The lowest BCUT2D eigenvalue weighted by Gasteiger charge is -2.22. The Bertz CT molecular complexity index is 6300. The lowest BCUT2D eigenvalue weighted by Crippen LogP contribution is -2.22. The number of benzene rings is 4. The van der Waals surface area contributed by atoms with Crippen LogP contribution >= 0.6 is 22.9 Å². The van der Waals surface area contributed by atoms with E-state index in [0.29, 0.717) is 65.5 Å². The van der Waals surface area contributed by atoms with Crippen LogP contribution in [0, 0.1) is 44.4 Å². The maximum absolute atomic E-state index is 13.3. The van der Waals surface area contributed by atoms with E-state index in [1.807, 2.05) is 120 Å². The maximum Gasteiger partial charge on any atom is 0.181 e. The van der Waals surface area contributed by atoms with Crippen molar-refractivity contribution in [3.05, 3.63) is 270 Å². The molecule has 4 atom stereocenters. The van der Waals surface area contributed by atoms with Crippen molar-refractivity contribution in [3.8, 4) is 88.8 Å². The lowest BCUT2D eigenvalue weighted by atomic mass is 9.91. The monoisotopic (exact) mass is 1690 g/mol. The topological polar surface area (TPSA) is 301 Å². The van der Waals surface area contributed by atoms with Crippen LogP contribution in [0.5, 0.6) is 0 Å². The van der Waals surface area contributed by atoms with Gasteiger partial charge in [0.25, 0.3) is 0 Å². The highest BCUT2D eigenvalue weighted by Gasteiger charge is 2.33. The number of rotatable bonds is 21. The summed E-state index contributed by atoms with van der Waals surface area (Å²) in [6.07, 6.45) is 31.3. The zero-order valence-electron chi connectivity index (χ0n) is 71.0. The van der Waals surface area contributed by atoms with Crippen molar-refractivity contribution in [3.63, 3.8) is 0 Å². The zero-order valence-corrected chi connectivity index (χ0v) is 72.6. The van der Waals surface area contributed by atoms with E-state index in [-0.39, 0.29) is 52.7 Å². The van der Waals surface area contributed by atoms with Crippen LogP contribution in [-0.4, -0.2) is 135 Å². The Labute approximate surface area is 726 Å². The highest BCUT2D eigenvalue weighted by molar-refractivity contribution is 7.15. The summed E-state index contributed by atoms with van der Waals surface area (Å²) < 4.78 is 20.0. The van der Waals surface area contributed by atoms with Gasteiger partial charge in [0.05, 0.1) is 87.4 Å². The number of hydrogen-bond donors (Lipinski definition) is 0. The van der Waals surface area contributed by atoms with Crippen molar-refractivity contribution >= 4 is 46.0 Å². The van der Waals surface area contributed by atoms with Gasteiger partial charge in [-0.05, 0) is 87.7 Å². The van der Waals surface area contributed by atoms with Gasteiger partial charge >= 0.3 is 0 Å². The molecule has 20 rings (SSSR count). The van der Waals surface area contributed by atoms with Crippen LogP contribution in [0.25, 0.3) is 88.8 Å². The maximum atomic E-state index is 13.3. The average molecular weight is 1690 g/mol. The SMILES string of the molecule is CC(C)c1nsc(-c2cnn(C)c2C(=O)CC2CCn3cc(-c4ccccc4)nc3C2)n1.Cc1ccnc(-c2cnn(C)c2C(=O)CC2CCn3cc(-c4ccccc4)nc3C2)n1.Cc1cnc(-c2cnn(C)c2C(=O)CC2CCn3cc(-c4ccccc4)nc3C2)s1.Cc1cncc(-c2cnn(C)c2C(=O)CC2CCn3cc(-c4ccccc4)nc3C2)n1. The highest BCUT2D eigenvalue weighted by atomic mass is 32.1. The van der Waals surface area contributed by atoms with E-state index in [9.17, 15) is 19.2 Å². The quantitative estimate of drug-likeness (QED) is 0.0604. The molecule has 16 heterocycles. The van der Waals surface area contributed by atoms with Crippen LogP contribution in [0.3, 0.4) is 0 Å². The van der Waals surface area contributed by atoms with Gasteiger partial charge in [0.2, 0.25) is 0 Å². The molecule has 0 saturated heterocycles. The fraction of sp³-hybridized carbons (Fsp3) is 0.316. The summed E-state index contributed by atoms with van der Waals surface area (Å²) in [6.45, 7) is 13.5. The molecule has 27 nitrogen and oxygen atoms in total. The molecule has 0 saturated carbocycles. The Kier molecular flexibility index (Phi) is 24.5. The molecule has 4 aliphatic heterocycles. The van der Waals surface area contributed by atoms with Crippen molar-refractivity contribution < 1.29 is 19.2 Å². The van der Waals surface area contributed by atoms with E-state index in [2.05, 4.69) is 160 Å². The predicted octanol–water partition coefficient (Wildman–Crippen LogP) is 17.1. The van der Waals surface area contributed by atoms with Gasteiger partial charge in [-0.25, -0.2) is 44.9 Å². The summed E-state index contributed by atoms with van der Waals surface area (Å²) >= 11 is 2.93. The second-order valence-electron chi connectivity index (χ2n) is 32.9. The molecule has 0 spiro atoms. The number of Topliss-reactive ketones (excluding diaryl/α,β-unsaturated/α-hetero) is 4. The van der Waals surface area contributed by atoms with Crippen molar-refractivity contribution in [1.82, 2.24) is 112 Å². The van der Waals surface area contributed by atoms with Crippen molar-refractivity contribution in [2.45, 2.75) is 144 Å². The molecule has 0 aliphatic carbocycles. The standard InChI is InChI=1S/C24H26N6OS.2C24H24N6O.C23H23N5OS/c1-15(2)23-27-24(32-28-23)18-13-25-29(3)22(18)20(31)11-16-9-10-30-14-19(26-21(30)12-16)17-7-5-4-6-8-17;1-16-8-10-25-24(27-16)19-14-26-29(2)23(19)21(31)12-17-9-11-30-15-20(28-22(30)13-17)18-6-4-3-5-7-18;1-16-12-25-14-20(27-16)19-13-26-29(2)24(19)22(31)10-17-8-9-30-15-21(28-23(30)11-17)18-6-4-3-5-7-18;1-15-12-24-23(30-15)18-13-25-27(2)22(18)20(29)10-16-8-9-28-14-19(26-21(28)11-16)17-6-4-3-5-7-17/h4-8,13-16H,9-12H2,1-3H3;3-8,10,14-15,17H,9,11-13H2,1-2H3;3-7,12-15,17H,8-11H2,1-2H3;3-7,12-14,16H,8-11H2,1-2H3. The molecule has 16 aromatic rings. The largest absolute Gasteiger partial charge is 0.334 e. The minimum atomic E-state index is 0.0772. The van der Waals surface area contributed by atoms with Crippen LogP contribution in [0.2, 0.25) is 0 Å². The third-order valence-electron chi connectivity index (χ3n) is 23.5. The number of thiazole rings is 1. The van der Waals surface area contributed by atoms with Crippen LogP contribution in [0.1, 0.15) is 158 Å². The molecule has 4 aromatic carbocycles. The molecule has 628 valence electrons. The molecule has 29 heteroatoms. The Balaban J connectivity index is 0.000000117. The first-order valence-corrected chi connectivity index (χ1v) is 43.9. The Morgan fingerprint density at radius 2 is 0.742 bits per heavy atom. The molecule has 0 N–H and O–H groups in total. The predicted molar refractivity (Wildman–Crippen MR) is 477 cm³/mol. The first-order chi connectivity index (χ1) is 60.2. The van der Waals surface area contributed by atoms with Gasteiger partial charge in [0, 0.05) is 188 Å². The lowest BCUT2D eigenvalue weighted by molar-refractivity contribution is 0.0936. The van der Waals surface area contributed by atoms with Crippen LogP contribution in [-0.2, 0) is 80.1 Å². The van der Waals surface area contributed by atoms with Gasteiger partial charge < -0.3 is 18.3 Å². The first kappa shape index (κ1) is 82.9. The number of carbonyl (C=O) groups is 4. The van der Waals surface area contributed by atoms with Gasteiger partial charge in [-0.3, -0.25) is 42.9 Å². The molecule has 4 unspecified atom stereocenters. The van der Waals surface area contributed by atoms with E-state index in [4.69, 9.17) is 19.9 Å². The number of fused-ring (bicyclic) bond motifs is 4. The Morgan fingerprint density at radius 1 is 0.379 bits per heavy atom. The van der Waals surface area contributed by atoms with Crippen LogP contribution < -0.4 is 0 Å². The summed E-state index contributed by atoms with van der Waals surface area (Å²) in [6, 6.07) is 42.8. The van der Waals surface area contributed by atoms with Gasteiger partial charge in [-0.15, -0.1) is 11.3 Å². The first-order valence-electron chi connectivity index (χ1n) is 42.3. The zero-order chi connectivity index (χ0) is 85.6. The normalized spacial score (nSPS) is 15.7. The minimum absolute atomic E-state index is 0.0772. The number of carbonyl (C=O) groups excluding carboxylic acids is 4. The van der Waals surface area contributed by atoms with Gasteiger partial charge in [0.1, 0.15) is 61.9 Å². The summed E-state index contributed by atoms with van der Waals surface area (Å²) in [7, 11) is 7.25. The third kappa shape index (κ3) is 18.5. The van der Waals surface area contributed by atoms with Gasteiger partial charge in [0.15, 0.2) is 29.0 Å². The molecule has 12 aromatic heterocycles. The van der Waals surface area contributed by atoms with Crippen molar-refractivity contribution in [2.75, 3.05) is 0 Å². The molecule has 124 heavy (non-hydrogen) atoms. The highest BCUT2D eigenvalue weighted by Crippen LogP contribution is 2.38. The number of aryl methyl sites for hydroxylation is 11. The molecule has 0 bridgehead atoms. The fourth-order valence-corrected chi connectivity index (χ4v) is 18.7. The fourth-order valence-electron chi connectivity index (χ4n) is 17.1. The van der Waals surface area contributed by atoms with Gasteiger partial charge in [-0.2, -0.15) is 24.8 Å². The summed E-state index contributed by atoms with van der Waals surface area (Å²) in [4.78, 5) is 100. The smallest absolute Gasteiger partial charge is 0.181 e. The van der Waals surface area contributed by atoms with E-state index >= 15 is 0 Å². The number of aromatic nitrogens is 23. The number of nitrogens with zero attached hydrogens (tertiary/aromatic N) is 23. The van der Waals surface area contributed by atoms with E-state index in [1.54, 1.807) is 87.5 Å². The van der Waals surface area contributed by atoms with E-state index in [1.165, 1.54) is 11.5 Å². The number of ketones is 4. The van der Waals surface area contributed by atoms with Crippen LogP contribution in [0.15, 0.2) is 202 Å². The van der Waals surface area contributed by atoms with E-state index in [0.717, 1.165) is 195 Å². The Hall–Kier alpha value is -13.4. The third-order valence-corrected chi connectivity index (χ3v) is 25.2. The molecule has 0 radical (unpaired) electrons. The minimum Gasteiger partial charge on any atom is -0.334 e. The van der Waals surface area contributed by atoms with Gasteiger partial charge in [-0.1, -0.05) is 135 Å². The summed E-state index contributed by atoms with van der Waals surface area (Å²) in [5.74, 6) is 7.31. The molecular weight excluding hydrogens is 1590 g/mol. The second kappa shape index (κ2) is 36.7. The number of hydrogen-bond acceptors (Lipinski definition) is 21. The van der Waals surface area contributed by atoms with Crippen molar-refractivity contribution in [2.24, 2.45) is 51.9 Å². The number of imidazole rings is 4. The average Bonchev–Trinajstić information content (AvgIpc) is 1.67. The molecule has 4 aliphatic rings. The van der Waals surface area contributed by atoms with Crippen LogP contribution in [0.4, 0.5) is 0 Å².